The second kappa shape index (κ2) is 6.81. The van der Waals surface area contributed by atoms with Crippen LogP contribution in [0.25, 0.3) is 11.1 Å². The van der Waals surface area contributed by atoms with Crippen molar-refractivity contribution in [3.63, 3.8) is 0 Å². The average Bonchev–Trinajstić information content (AvgIpc) is 2.92. The summed E-state index contributed by atoms with van der Waals surface area (Å²) in [5.41, 5.74) is 1.93. The summed E-state index contributed by atoms with van der Waals surface area (Å²) >= 11 is 1.49. The topological polar surface area (TPSA) is 41.1 Å². The smallest absolute Gasteiger partial charge is 0.261 e. The highest BCUT2D eigenvalue weighted by atomic mass is 32.1. The van der Waals surface area contributed by atoms with Crippen molar-refractivity contribution >= 4 is 17.2 Å². The van der Waals surface area contributed by atoms with Gasteiger partial charge in [-0.1, -0.05) is 12.1 Å². The number of hydrogen-bond acceptors (Lipinski definition) is 3. The zero-order valence-corrected chi connectivity index (χ0v) is 14.2. The van der Waals surface area contributed by atoms with Crippen LogP contribution in [0.15, 0.2) is 30.3 Å². The zero-order chi connectivity index (χ0) is 16.4. The predicted molar refractivity (Wildman–Crippen MR) is 92.4 cm³/mol. The molecule has 2 aromatic rings. The van der Waals surface area contributed by atoms with E-state index in [2.05, 4.69) is 17.6 Å². The standard InChI is InChI=1S/C18H21FN2OS/c1-11-16(4-3-9-20-11)21-18(22)17-10-15(12(2)23-17)13-5-7-14(19)8-6-13/h5-8,10-11,16,20H,3-4,9H2,1-2H3,(H,21,22). The molecule has 3 nitrogen and oxygen atoms in total. The number of piperidine rings is 1. The molecule has 1 aliphatic heterocycles. The minimum atomic E-state index is -0.251. The van der Waals surface area contributed by atoms with Gasteiger partial charge >= 0.3 is 0 Å². The van der Waals surface area contributed by atoms with E-state index < -0.39 is 0 Å². The highest BCUT2D eigenvalue weighted by molar-refractivity contribution is 7.14. The molecule has 0 spiro atoms. The number of aryl methyl sites for hydroxylation is 1. The first-order valence-corrected chi connectivity index (χ1v) is 8.77. The van der Waals surface area contributed by atoms with Gasteiger partial charge in [0.1, 0.15) is 5.82 Å². The van der Waals surface area contributed by atoms with Gasteiger partial charge in [-0.05, 0) is 62.6 Å². The fourth-order valence-electron chi connectivity index (χ4n) is 2.99. The van der Waals surface area contributed by atoms with Crippen molar-refractivity contribution in [1.29, 1.82) is 0 Å². The molecule has 0 saturated carbocycles. The summed E-state index contributed by atoms with van der Waals surface area (Å²) in [5.74, 6) is -0.273. The van der Waals surface area contributed by atoms with Gasteiger partial charge in [0.2, 0.25) is 0 Å². The third-order valence-electron chi connectivity index (χ3n) is 4.38. The minimum absolute atomic E-state index is 0.0213. The van der Waals surface area contributed by atoms with Crippen molar-refractivity contribution in [3.05, 3.63) is 45.9 Å². The lowest BCUT2D eigenvalue weighted by Gasteiger charge is -2.30. The molecule has 23 heavy (non-hydrogen) atoms. The normalized spacial score (nSPS) is 21.2. The third kappa shape index (κ3) is 3.62. The van der Waals surface area contributed by atoms with E-state index in [1.54, 1.807) is 12.1 Å². The van der Waals surface area contributed by atoms with Crippen molar-refractivity contribution in [2.75, 3.05) is 6.54 Å². The Morgan fingerprint density at radius 3 is 2.78 bits per heavy atom. The first-order valence-electron chi connectivity index (χ1n) is 7.95. The number of nitrogens with one attached hydrogen (secondary N) is 2. The van der Waals surface area contributed by atoms with Gasteiger partial charge < -0.3 is 10.6 Å². The monoisotopic (exact) mass is 332 g/mol. The molecule has 2 atom stereocenters. The Labute approximate surface area is 139 Å². The molecule has 3 rings (SSSR count). The molecule has 1 fully saturated rings. The summed E-state index contributed by atoms with van der Waals surface area (Å²) in [5, 5.41) is 6.52. The van der Waals surface area contributed by atoms with E-state index in [0.717, 1.165) is 35.4 Å². The van der Waals surface area contributed by atoms with Crippen LogP contribution in [0.3, 0.4) is 0 Å². The van der Waals surface area contributed by atoms with Gasteiger partial charge in [0, 0.05) is 17.0 Å². The summed E-state index contributed by atoms with van der Waals surface area (Å²) in [6.45, 7) is 5.11. The zero-order valence-electron chi connectivity index (χ0n) is 13.4. The molecule has 1 aromatic heterocycles. The largest absolute Gasteiger partial charge is 0.347 e. The first-order chi connectivity index (χ1) is 11.0. The summed E-state index contributed by atoms with van der Waals surface area (Å²) < 4.78 is 13.1. The molecular weight excluding hydrogens is 311 g/mol. The molecule has 1 amide bonds. The van der Waals surface area contributed by atoms with Crippen LogP contribution < -0.4 is 10.6 Å². The third-order valence-corrected chi connectivity index (χ3v) is 5.42. The second-order valence-electron chi connectivity index (χ2n) is 6.05. The number of rotatable bonds is 3. The molecule has 0 aliphatic carbocycles. The van der Waals surface area contributed by atoms with Gasteiger partial charge in [0.25, 0.3) is 5.91 Å². The highest BCUT2D eigenvalue weighted by Gasteiger charge is 2.24. The van der Waals surface area contributed by atoms with Crippen molar-refractivity contribution in [1.82, 2.24) is 10.6 Å². The summed E-state index contributed by atoms with van der Waals surface area (Å²) in [7, 11) is 0. The number of carbonyl (C=O) groups excluding carboxylic acids is 1. The Balaban J connectivity index is 1.77. The quantitative estimate of drug-likeness (QED) is 0.899. The number of thiophene rings is 1. The number of benzene rings is 1. The molecule has 1 saturated heterocycles. The van der Waals surface area contributed by atoms with E-state index in [0.29, 0.717) is 10.9 Å². The van der Waals surface area contributed by atoms with Gasteiger partial charge in [-0.25, -0.2) is 4.39 Å². The van der Waals surface area contributed by atoms with E-state index in [9.17, 15) is 9.18 Å². The average molecular weight is 332 g/mol. The van der Waals surface area contributed by atoms with Crippen LogP contribution in [0.5, 0.6) is 0 Å². The first kappa shape index (κ1) is 16.1. The van der Waals surface area contributed by atoms with E-state index in [1.807, 2.05) is 13.0 Å². The van der Waals surface area contributed by atoms with E-state index >= 15 is 0 Å². The molecule has 1 aromatic carbocycles. The molecule has 0 bridgehead atoms. The molecule has 5 heteroatoms. The maximum absolute atomic E-state index is 13.1. The summed E-state index contributed by atoms with van der Waals surface area (Å²) in [4.78, 5) is 14.3. The van der Waals surface area contributed by atoms with Crippen molar-refractivity contribution in [2.45, 2.75) is 38.8 Å². The van der Waals surface area contributed by atoms with Crippen LogP contribution in [0.2, 0.25) is 0 Å². The maximum Gasteiger partial charge on any atom is 0.261 e. The molecule has 122 valence electrons. The van der Waals surface area contributed by atoms with Crippen LogP contribution in [0, 0.1) is 12.7 Å². The van der Waals surface area contributed by atoms with E-state index in [-0.39, 0.29) is 17.8 Å². The Kier molecular flexibility index (Phi) is 4.78. The number of amides is 1. The van der Waals surface area contributed by atoms with Crippen LogP contribution in [-0.4, -0.2) is 24.5 Å². The maximum atomic E-state index is 13.1. The van der Waals surface area contributed by atoms with Crippen molar-refractivity contribution in [2.24, 2.45) is 0 Å². The summed E-state index contributed by atoms with van der Waals surface area (Å²) in [6.07, 6.45) is 2.09. The number of hydrogen-bond donors (Lipinski definition) is 2. The second-order valence-corrected chi connectivity index (χ2v) is 7.31. The summed E-state index contributed by atoms with van der Waals surface area (Å²) in [6, 6.07) is 8.77. The van der Waals surface area contributed by atoms with Gasteiger partial charge in [-0.15, -0.1) is 11.3 Å². The van der Waals surface area contributed by atoms with Crippen molar-refractivity contribution in [3.8, 4) is 11.1 Å². The fraction of sp³-hybridized carbons (Fsp3) is 0.389. The van der Waals surface area contributed by atoms with Crippen LogP contribution in [-0.2, 0) is 0 Å². The van der Waals surface area contributed by atoms with Crippen LogP contribution in [0.4, 0.5) is 4.39 Å². The van der Waals surface area contributed by atoms with Gasteiger partial charge in [-0.2, -0.15) is 0 Å². The minimum Gasteiger partial charge on any atom is -0.347 e. The molecular formula is C18H21FN2OS. The van der Waals surface area contributed by atoms with E-state index in [1.165, 1.54) is 23.5 Å². The number of carbonyl (C=O) groups is 1. The van der Waals surface area contributed by atoms with Gasteiger partial charge in [0.05, 0.1) is 4.88 Å². The highest BCUT2D eigenvalue weighted by Crippen LogP contribution is 2.31. The fourth-order valence-corrected chi connectivity index (χ4v) is 3.94. The van der Waals surface area contributed by atoms with Crippen molar-refractivity contribution < 1.29 is 9.18 Å². The predicted octanol–water partition coefficient (Wildman–Crippen LogP) is 3.73. The van der Waals surface area contributed by atoms with Crippen LogP contribution in [0.1, 0.15) is 34.3 Å². The Hall–Kier alpha value is -1.72. The molecule has 1 aliphatic rings. The molecule has 2 heterocycles. The van der Waals surface area contributed by atoms with Crippen LogP contribution >= 0.6 is 11.3 Å². The van der Waals surface area contributed by atoms with Gasteiger partial charge in [-0.3, -0.25) is 4.79 Å². The lowest BCUT2D eigenvalue weighted by Crippen LogP contribution is -2.51. The Morgan fingerprint density at radius 2 is 2.09 bits per heavy atom. The Bertz CT molecular complexity index is 696. The molecule has 0 radical (unpaired) electrons. The SMILES string of the molecule is Cc1sc(C(=O)NC2CCCNC2C)cc1-c1ccc(F)cc1. The number of halogens is 1. The molecule has 2 N–H and O–H groups in total. The lowest BCUT2D eigenvalue weighted by molar-refractivity contribution is 0.0924. The van der Waals surface area contributed by atoms with Gasteiger partial charge in [0.15, 0.2) is 0 Å². The lowest BCUT2D eigenvalue weighted by atomic mass is 10.00. The van der Waals surface area contributed by atoms with E-state index in [4.69, 9.17) is 0 Å². The molecule has 2 unspecified atom stereocenters. The Morgan fingerprint density at radius 1 is 1.35 bits per heavy atom.